The first-order chi connectivity index (χ1) is 6.06. The third kappa shape index (κ3) is 2.28. The lowest BCUT2D eigenvalue weighted by Gasteiger charge is -2.07. The zero-order valence-electron chi connectivity index (χ0n) is 6.79. The molecule has 70 valence electrons. The van der Waals surface area contributed by atoms with Crippen LogP contribution in [0.15, 0.2) is 12.1 Å². The quantitative estimate of drug-likeness (QED) is 0.721. The number of ether oxygens (including phenoxy) is 1. The number of benzene rings is 1. The van der Waals surface area contributed by atoms with E-state index >= 15 is 0 Å². The Morgan fingerprint density at radius 1 is 1.23 bits per heavy atom. The molecule has 3 nitrogen and oxygen atoms in total. The smallest absolute Gasteiger partial charge is 0.491 e. The second kappa shape index (κ2) is 4.20. The minimum atomic E-state index is -1.68. The van der Waals surface area contributed by atoms with Crippen molar-refractivity contribution < 1.29 is 14.8 Å². The van der Waals surface area contributed by atoms with Gasteiger partial charge in [-0.3, -0.25) is 0 Å². The van der Waals surface area contributed by atoms with E-state index in [1.54, 1.807) is 0 Å². The maximum absolute atomic E-state index is 8.89. The molecule has 0 aliphatic rings. The van der Waals surface area contributed by atoms with Gasteiger partial charge in [-0.1, -0.05) is 23.2 Å². The molecule has 0 spiro atoms. The van der Waals surface area contributed by atoms with E-state index in [2.05, 4.69) is 0 Å². The Morgan fingerprint density at radius 3 is 2.00 bits per heavy atom. The van der Waals surface area contributed by atoms with E-state index in [9.17, 15) is 0 Å². The molecule has 13 heavy (non-hydrogen) atoms. The Morgan fingerprint density at radius 2 is 1.69 bits per heavy atom. The van der Waals surface area contributed by atoms with Crippen molar-refractivity contribution in [3.63, 3.8) is 0 Å². The summed E-state index contributed by atoms with van der Waals surface area (Å²) in [5.74, 6) is 0.472. The summed E-state index contributed by atoms with van der Waals surface area (Å²) in [5.41, 5.74) is 0.0872. The second-order valence-corrected chi connectivity index (χ2v) is 3.19. The van der Waals surface area contributed by atoms with Crippen LogP contribution in [-0.4, -0.2) is 24.3 Å². The standard InChI is InChI=1S/C7H7BCl2O3/c1-13-4-2-5(9)7(8(11)12)6(10)3-4/h2-3,11-12H,1H3. The fraction of sp³-hybridized carbons (Fsp3) is 0.143. The van der Waals surface area contributed by atoms with Gasteiger partial charge in [-0.15, -0.1) is 0 Å². The molecule has 0 amide bonds. The van der Waals surface area contributed by atoms with E-state index in [-0.39, 0.29) is 15.5 Å². The van der Waals surface area contributed by atoms with Gasteiger partial charge in [0.25, 0.3) is 0 Å². The van der Waals surface area contributed by atoms with E-state index in [1.807, 2.05) is 0 Å². The van der Waals surface area contributed by atoms with Crippen LogP contribution in [0.5, 0.6) is 5.75 Å². The molecule has 0 aromatic heterocycles. The summed E-state index contributed by atoms with van der Waals surface area (Å²) in [5, 5.41) is 18.1. The normalized spacial score (nSPS) is 9.92. The van der Waals surface area contributed by atoms with Crippen molar-refractivity contribution in [3.05, 3.63) is 22.2 Å². The fourth-order valence-corrected chi connectivity index (χ4v) is 1.59. The molecule has 0 atom stereocenters. The molecule has 1 aromatic rings. The van der Waals surface area contributed by atoms with E-state index in [4.69, 9.17) is 38.0 Å². The molecule has 0 unspecified atom stereocenters. The molecule has 2 N–H and O–H groups in total. The summed E-state index contributed by atoms with van der Waals surface area (Å²) in [7, 11) is -0.206. The molecule has 0 radical (unpaired) electrons. The Balaban J connectivity index is 3.23. The largest absolute Gasteiger partial charge is 0.497 e. The molecule has 0 aliphatic heterocycles. The van der Waals surface area contributed by atoms with Crippen molar-refractivity contribution in [1.82, 2.24) is 0 Å². The summed E-state index contributed by atoms with van der Waals surface area (Å²) in [4.78, 5) is 0. The predicted octanol–water partition coefficient (Wildman–Crippen LogP) is 0.682. The summed E-state index contributed by atoms with van der Waals surface area (Å²) in [6.45, 7) is 0. The van der Waals surface area contributed by atoms with Gasteiger partial charge in [0.1, 0.15) is 5.75 Å². The van der Waals surface area contributed by atoms with Crippen LogP contribution >= 0.6 is 23.2 Å². The Hall–Kier alpha value is -0.415. The van der Waals surface area contributed by atoms with E-state index in [0.717, 1.165) is 0 Å². The summed E-state index contributed by atoms with van der Waals surface area (Å²) in [6, 6.07) is 2.92. The van der Waals surface area contributed by atoms with Crippen LogP contribution in [0.1, 0.15) is 0 Å². The van der Waals surface area contributed by atoms with Crippen LogP contribution in [0.4, 0.5) is 0 Å². The van der Waals surface area contributed by atoms with Gasteiger partial charge in [-0.05, 0) is 12.1 Å². The third-order valence-corrected chi connectivity index (χ3v) is 2.17. The first kappa shape index (κ1) is 10.7. The van der Waals surface area contributed by atoms with Crippen molar-refractivity contribution in [2.24, 2.45) is 0 Å². The molecular formula is C7H7BCl2O3. The zero-order valence-corrected chi connectivity index (χ0v) is 8.30. The number of methoxy groups -OCH3 is 1. The molecule has 0 saturated carbocycles. The van der Waals surface area contributed by atoms with Gasteiger partial charge in [0, 0.05) is 15.5 Å². The molecule has 0 fully saturated rings. The lowest BCUT2D eigenvalue weighted by molar-refractivity contribution is 0.414. The Kier molecular flexibility index (Phi) is 3.44. The number of rotatable bonds is 2. The summed E-state index contributed by atoms with van der Waals surface area (Å²) < 4.78 is 4.88. The maximum atomic E-state index is 8.89. The van der Waals surface area contributed by atoms with E-state index in [1.165, 1.54) is 19.2 Å². The molecule has 1 rings (SSSR count). The summed E-state index contributed by atoms with van der Waals surface area (Å²) >= 11 is 11.4. The average Bonchev–Trinajstić information content (AvgIpc) is 2.02. The van der Waals surface area contributed by atoms with Gasteiger partial charge in [0.15, 0.2) is 0 Å². The minimum Gasteiger partial charge on any atom is -0.497 e. The Labute approximate surface area is 86.0 Å². The molecule has 0 bridgehead atoms. The number of hydrogen-bond acceptors (Lipinski definition) is 3. The average molecular weight is 221 g/mol. The molecule has 0 saturated heterocycles. The second-order valence-electron chi connectivity index (χ2n) is 2.38. The van der Waals surface area contributed by atoms with Gasteiger partial charge in [0.05, 0.1) is 7.11 Å². The van der Waals surface area contributed by atoms with Gasteiger partial charge in [-0.25, -0.2) is 0 Å². The monoisotopic (exact) mass is 220 g/mol. The highest BCUT2D eigenvalue weighted by atomic mass is 35.5. The van der Waals surface area contributed by atoms with Crippen LogP contribution in [-0.2, 0) is 0 Å². The van der Waals surface area contributed by atoms with Crippen LogP contribution in [0, 0.1) is 0 Å². The van der Waals surface area contributed by atoms with Crippen molar-refractivity contribution in [3.8, 4) is 5.75 Å². The van der Waals surface area contributed by atoms with Crippen LogP contribution < -0.4 is 10.2 Å². The van der Waals surface area contributed by atoms with Crippen LogP contribution in [0.25, 0.3) is 0 Å². The highest BCUT2D eigenvalue weighted by Crippen LogP contribution is 2.22. The van der Waals surface area contributed by atoms with Crippen molar-refractivity contribution in [2.45, 2.75) is 0 Å². The number of hydrogen-bond donors (Lipinski definition) is 2. The molecule has 0 aliphatic carbocycles. The van der Waals surface area contributed by atoms with E-state index in [0.29, 0.717) is 5.75 Å². The molecule has 1 aromatic carbocycles. The van der Waals surface area contributed by atoms with Crippen molar-refractivity contribution >= 4 is 35.8 Å². The van der Waals surface area contributed by atoms with Gasteiger partial charge in [-0.2, -0.15) is 0 Å². The molecule has 0 heterocycles. The van der Waals surface area contributed by atoms with Crippen LogP contribution in [0.3, 0.4) is 0 Å². The fourth-order valence-electron chi connectivity index (χ4n) is 0.926. The molecule has 6 heteroatoms. The zero-order chi connectivity index (χ0) is 10.0. The first-order valence-corrected chi connectivity index (χ1v) is 4.21. The predicted molar refractivity (Wildman–Crippen MR) is 52.8 cm³/mol. The third-order valence-electron chi connectivity index (χ3n) is 1.55. The Bertz CT molecular complexity index is 294. The SMILES string of the molecule is COc1cc(Cl)c(B(O)O)c(Cl)c1. The number of halogens is 2. The highest BCUT2D eigenvalue weighted by molar-refractivity contribution is 6.66. The van der Waals surface area contributed by atoms with Gasteiger partial charge < -0.3 is 14.8 Å². The maximum Gasteiger partial charge on any atom is 0.491 e. The lowest BCUT2D eigenvalue weighted by atomic mass is 9.80. The summed E-state index contributed by atoms with van der Waals surface area (Å²) in [6.07, 6.45) is 0. The highest BCUT2D eigenvalue weighted by Gasteiger charge is 2.20. The van der Waals surface area contributed by atoms with E-state index < -0.39 is 7.12 Å². The first-order valence-electron chi connectivity index (χ1n) is 3.45. The van der Waals surface area contributed by atoms with Crippen LogP contribution in [0.2, 0.25) is 10.0 Å². The van der Waals surface area contributed by atoms with Gasteiger partial charge >= 0.3 is 7.12 Å². The lowest BCUT2D eigenvalue weighted by Crippen LogP contribution is -2.31. The van der Waals surface area contributed by atoms with Crippen molar-refractivity contribution in [1.29, 1.82) is 0 Å². The van der Waals surface area contributed by atoms with Crippen molar-refractivity contribution in [2.75, 3.05) is 7.11 Å². The molecular weight excluding hydrogens is 214 g/mol. The minimum absolute atomic E-state index is 0.0872. The topological polar surface area (TPSA) is 49.7 Å². The van der Waals surface area contributed by atoms with Gasteiger partial charge in [0.2, 0.25) is 0 Å².